The van der Waals surface area contributed by atoms with Crippen molar-refractivity contribution in [2.45, 2.75) is 45.7 Å². The van der Waals surface area contributed by atoms with Gasteiger partial charge in [-0.3, -0.25) is 0 Å². The number of rotatable bonds is 5. The van der Waals surface area contributed by atoms with Crippen LogP contribution in [-0.2, 0) is 6.54 Å². The van der Waals surface area contributed by atoms with E-state index in [1.807, 2.05) is 6.20 Å². The Morgan fingerprint density at radius 2 is 2.18 bits per heavy atom. The highest BCUT2D eigenvalue weighted by Gasteiger charge is 2.13. The van der Waals surface area contributed by atoms with Crippen molar-refractivity contribution >= 4 is 11.3 Å². The van der Waals surface area contributed by atoms with Crippen LogP contribution in [0.15, 0.2) is 6.20 Å². The second-order valence-electron chi connectivity index (χ2n) is 4.99. The largest absolute Gasteiger partial charge is 0.308 e. The molecule has 2 rings (SSSR count). The van der Waals surface area contributed by atoms with E-state index in [1.165, 1.54) is 43.8 Å². The molecular weight excluding hydrogens is 230 g/mol. The van der Waals surface area contributed by atoms with Crippen LogP contribution >= 0.6 is 11.3 Å². The minimum Gasteiger partial charge on any atom is -0.308 e. The molecule has 0 spiro atoms. The Hall–Kier alpha value is -0.450. The molecule has 1 unspecified atom stereocenters. The van der Waals surface area contributed by atoms with E-state index in [0.717, 1.165) is 11.6 Å². The van der Waals surface area contributed by atoms with Crippen molar-refractivity contribution in [2.24, 2.45) is 0 Å². The Kier molecular flexibility index (Phi) is 4.95. The van der Waals surface area contributed by atoms with E-state index in [-0.39, 0.29) is 0 Å². The van der Waals surface area contributed by atoms with Crippen LogP contribution in [0, 0.1) is 6.92 Å². The van der Waals surface area contributed by atoms with E-state index in [2.05, 4.69) is 29.0 Å². The fourth-order valence-electron chi connectivity index (χ4n) is 2.36. The summed E-state index contributed by atoms with van der Waals surface area (Å²) >= 11 is 1.79. The zero-order valence-electron chi connectivity index (χ0n) is 10.9. The summed E-state index contributed by atoms with van der Waals surface area (Å²) < 4.78 is 0. The van der Waals surface area contributed by atoms with Crippen LogP contribution in [-0.4, -0.2) is 35.6 Å². The normalized spacial score (nSPS) is 19.4. The van der Waals surface area contributed by atoms with Gasteiger partial charge in [0, 0.05) is 30.2 Å². The van der Waals surface area contributed by atoms with Crippen LogP contribution in [0.25, 0.3) is 0 Å². The average Bonchev–Trinajstić information content (AvgIpc) is 2.74. The molecule has 1 aliphatic heterocycles. The number of aryl methyl sites for hydroxylation is 1. The van der Waals surface area contributed by atoms with Crippen molar-refractivity contribution < 1.29 is 0 Å². The Bertz CT molecular complexity index is 331. The van der Waals surface area contributed by atoms with Gasteiger partial charge in [-0.15, -0.1) is 11.3 Å². The quantitative estimate of drug-likeness (QED) is 0.873. The third kappa shape index (κ3) is 4.37. The number of likely N-dealkylation sites (tertiary alicyclic amines) is 1. The van der Waals surface area contributed by atoms with Gasteiger partial charge < -0.3 is 10.2 Å². The van der Waals surface area contributed by atoms with Crippen LogP contribution < -0.4 is 5.32 Å². The second kappa shape index (κ2) is 6.47. The lowest BCUT2D eigenvalue weighted by Crippen LogP contribution is -2.41. The van der Waals surface area contributed by atoms with E-state index < -0.39 is 0 Å². The third-order valence-corrected chi connectivity index (χ3v) is 4.19. The molecule has 0 aromatic carbocycles. The monoisotopic (exact) mass is 253 g/mol. The van der Waals surface area contributed by atoms with Gasteiger partial charge in [-0.25, -0.2) is 4.98 Å². The van der Waals surface area contributed by atoms with Crippen LogP contribution in [0.5, 0.6) is 0 Å². The van der Waals surface area contributed by atoms with Gasteiger partial charge in [-0.2, -0.15) is 0 Å². The van der Waals surface area contributed by atoms with E-state index >= 15 is 0 Å². The SMILES string of the molecule is Cc1ncc(CNC(C)CN2CCCCC2)s1. The molecule has 2 heterocycles. The number of hydrogen-bond acceptors (Lipinski definition) is 4. The Morgan fingerprint density at radius 1 is 1.41 bits per heavy atom. The highest BCUT2D eigenvalue weighted by atomic mass is 32.1. The van der Waals surface area contributed by atoms with Crippen LogP contribution in [0.4, 0.5) is 0 Å². The summed E-state index contributed by atoms with van der Waals surface area (Å²) in [6.07, 6.45) is 6.15. The van der Waals surface area contributed by atoms with Crippen LogP contribution in [0.1, 0.15) is 36.1 Å². The van der Waals surface area contributed by atoms with Crippen molar-refractivity contribution in [3.63, 3.8) is 0 Å². The summed E-state index contributed by atoms with van der Waals surface area (Å²) in [7, 11) is 0. The molecule has 4 heteroatoms. The summed E-state index contributed by atoms with van der Waals surface area (Å²) in [4.78, 5) is 8.20. The minimum atomic E-state index is 0.565. The number of nitrogens with one attached hydrogen (secondary N) is 1. The summed E-state index contributed by atoms with van der Waals surface area (Å²) in [5, 5.41) is 4.75. The molecule has 3 nitrogen and oxygen atoms in total. The molecule has 96 valence electrons. The summed E-state index contributed by atoms with van der Waals surface area (Å²) in [6, 6.07) is 0.565. The van der Waals surface area contributed by atoms with Crippen LogP contribution in [0.2, 0.25) is 0 Å². The minimum absolute atomic E-state index is 0.565. The first-order valence-electron chi connectivity index (χ1n) is 6.61. The third-order valence-electron chi connectivity index (χ3n) is 3.27. The van der Waals surface area contributed by atoms with Crippen molar-refractivity contribution in [1.29, 1.82) is 0 Å². The van der Waals surface area contributed by atoms with E-state index in [4.69, 9.17) is 0 Å². The molecular formula is C13H23N3S. The Balaban J connectivity index is 1.68. The molecule has 1 aromatic heterocycles. The van der Waals surface area contributed by atoms with Gasteiger partial charge in [0.25, 0.3) is 0 Å². The molecule has 1 aromatic rings. The fourth-order valence-corrected chi connectivity index (χ4v) is 3.10. The van der Waals surface area contributed by atoms with Gasteiger partial charge in [0.15, 0.2) is 0 Å². The standard InChI is InChI=1S/C13H23N3S/c1-11(10-16-6-4-3-5-7-16)14-8-13-9-15-12(2)17-13/h9,11,14H,3-8,10H2,1-2H3. The number of aromatic nitrogens is 1. The van der Waals surface area contributed by atoms with Crippen molar-refractivity contribution in [1.82, 2.24) is 15.2 Å². The van der Waals surface area contributed by atoms with Crippen molar-refractivity contribution in [3.05, 3.63) is 16.1 Å². The van der Waals surface area contributed by atoms with Crippen molar-refractivity contribution in [3.8, 4) is 0 Å². The highest BCUT2D eigenvalue weighted by Crippen LogP contribution is 2.12. The van der Waals surface area contributed by atoms with E-state index in [1.54, 1.807) is 11.3 Å². The van der Waals surface area contributed by atoms with E-state index in [0.29, 0.717) is 6.04 Å². The van der Waals surface area contributed by atoms with Crippen molar-refractivity contribution in [2.75, 3.05) is 19.6 Å². The number of thiazole rings is 1. The molecule has 1 fully saturated rings. The maximum absolute atomic E-state index is 4.28. The predicted molar refractivity (Wildman–Crippen MR) is 73.4 cm³/mol. The van der Waals surface area contributed by atoms with Crippen LogP contribution in [0.3, 0.4) is 0 Å². The molecule has 0 radical (unpaired) electrons. The number of nitrogens with zero attached hydrogens (tertiary/aromatic N) is 2. The second-order valence-corrected chi connectivity index (χ2v) is 6.31. The summed E-state index contributed by atoms with van der Waals surface area (Å²) in [6.45, 7) is 9.05. The number of hydrogen-bond donors (Lipinski definition) is 1. The Morgan fingerprint density at radius 3 is 2.82 bits per heavy atom. The first-order chi connectivity index (χ1) is 8.24. The molecule has 1 aliphatic rings. The van der Waals surface area contributed by atoms with Gasteiger partial charge in [-0.1, -0.05) is 6.42 Å². The van der Waals surface area contributed by atoms with Gasteiger partial charge in [0.05, 0.1) is 5.01 Å². The maximum atomic E-state index is 4.28. The zero-order valence-corrected chi connectivity index (χ0v) is 11.7. The fraction of sp³-hybridized carbons (Fsp3) is 0.769. The molecule has 1 N–H and O–H groups in total. The number of piperidine rings is 1. The van der Waals surface area contributed by atoms with Gasteiger partial charge in [-0.05, 0) is 39.8 Å². The Labute approximate surface area is 108 Å². The smallest absolute Gasteiger partial charge is 0.0897 e. The first kappa shape index (κ1) is 13.0. The first-order valence-corrected chi connectivity index (χ1v) is 7.43. The van der Waals surface area contributed by atoms with Gasteiger partial charge in [0.2, 0.25) is 0 Å². The zero-order chi connectivity index (χ0) is 12.1. The van der Waals surface area contributed by atoms with E-state index in [9.17, 15) is 0 Å². The average molecular weight is 253 g/mol. The topological polar surface area (TPSA) is 28.2 Å². The molecule has 0 saturated carbocycles. The molecule has 1 saturated heterocycles. The molecule has 1 atom stereocenters. The molecule has 17 heavy (non-hydrogen) atoms. The molecule has 0 amide bonds. The van der Waals surface area contributed by atoms with Gasteiger partial charge >= 0.3 is 0 Å². The van der Waals surface area contributed by atoms with Gasteiger partial charge in [0.1, 0.15) is 0 Å². The molecule has 0 bridgehead atoms. The maximum Gasteiger partial charge on any atom is 0.0897 e. The highest BCUT2D eigenvalue weighted by molar-refractivity contribution is 7.11. The lowest BCUT2D eigenvalue weighted by Gasteiger charge is -2.29. The lowest BCUT2D eigenvalue weighted by molar-refractivity contribution is 0.209. The lowest BCUT2D eigenvalue weighted by atomic mass is 10.1. The summed E-state index contributed by atoms with van der Waals surface area (Å²) in [5.74, 6) is 0. The molecule has 0 aliphatic carbocycles. The summed E-state index contributed by atoms with van der Waals surface area (Å²) in [5.41, 5.74) is 0. The predicted octanol–water partition coefficient (Wildman–Crippen LogP) is 2.42.